The monoisotopic (exact) mass is 392 g/mol. The second kappa shape index (κ2) is 8.47. The summed E-state index contributed by atoms with van der Waals surface area (Å²) < 4.78 is 6.84. The quantitative estimate of drug-likeness (QED) is 0.550. The lowest BCUT2D eigenvalue weighted by atomic mass is 10.0. The van der Waals surface area contributed by atoms with Crippen molar-refractivity contribution in [1.82, 2.24) is 9.55 Å². The van der Waals surface area contributed by atoms with Crippen LogP contribution in [-0.2, 0) is 16.1 Å². The van der Waals surface area contributed by atoms with E-state index in [0.29, 0.717) is 35.5 Å². The van der Waals surface area contributed by atoms with E-state index in [2.05, 4.69) is 4.98 Å². The molecule has 2 rings (SSSR count). The summed E-state index contributed by atoms with van der Waals surface area (Å²) >= 11 is 1.13. The fraction of sp³-hybridized carbons (Fsp3) is 0.474. The van der Waals surface area contributed by atoms with Crippen LogP contribution in [-0.4, -0.2) is 33.2 Å². The number of ether oxygens (including phenoxy) is 1. The average molecular weight is 392 g/mol. The second-order valence-electron chi connectivity index (χ2n) is 6.58. The Kier molecular flexibility index (Phi) is 6.54. The first-order chi connectivity index (χ1) is 12.6. The van der Waals surface area contributed by atoms with Crippen molar-refractivity contribution in [3.8, 4) is 0 Å². The number of esters is 1. The van der Waals surface area contributed by atoms with Crippen molar-refractivity contribution in [3.63, 3.8) is 0 Å². The average Bonchev–Trinajstić information content (AvgIpc) is 3.06. The number of H-pyrrole nitrogens is 1. The van der Waals surface area contributed by atoms with E-state index in [9.17, 15) is 19.2 Å². The summed E-state index contributed by atoms with van der Waals surface area (Å²) in [6, 6.07) is 0. The maximum Gasteiger partial charge on any atom is 0.307 e. The molecule has 0 radical (unpaired) electrons. The van der Waals surface area contributed by atoms with E-state index in [-0.39, 0.29) is 22.9 Å². The summed E-state index contributed by atoms with van der Waals surface area (Å²) in [4.78, 5) is 50.8. The van der Waals surface area contributed by atoms with Gasteiger partial charge < -0.3 is 14.3 Å². The Hall–Kier alpha value is -2.48. The van der Waals surface area contributed by atoms with Crippen molar-refractivity contribution in [2.45, 2.75) is 60.1 Å². The zero-order chi connectivity index (χ0) is 20.3. The van der Waals surface area contributed by atoms with Gasteiger partial charge in [-0.3, -0.25) is 19.2 Å². The van der Waals surface area contributed by atoms with E-state index >= 15 is 0 Å². The highest BCUT2D eigenvalue weighted by molar-refractivity contribution is 7.07. The van der Waals surface area contributed by atoms with E-state index in [1.165, 1.54) is 13.8 Å². The van der Waals surface area contributed by atoms with Gasteiger partial charge in [-0.05, 0) is 46.6 Å². The van der Waals surface area contributed by atoms with Gasteiger partial charge in [0.2, 0.25) is 5.78 Å². The van der Waals surface area contributed by atoms with Crippen LogP contribution in [0.25, 0.3) is 0 Å². The van der Waals surface area contributed by atoms with Crippen LogP contribution in [0.5, 0.6) is 0 Å². The van der Waals surface area contributed by atoms with Crippen LogP contribution in [0.4, 0.5) is 0 Å². The predicted molar refractivity (Wildman–Crippen MR) is 103 cm³/mol. The molecule has 0 bridgehead atoms. The molecule has 0 aromatic carbocycles. The van der Waals surface area contributed by atoms with Crippen LogP contribution in [0, 0.1) is 20.8 Å². The fourth-order valence-electron chi connectivity index (χ4n) is 3.09. The number of nitrogens with one attached hydrogen (secondary N) is 1. The number of aromatic amines is 1. The summed E-state index contributed by atoms with van der Waals surface area (Å²) in [7, 11) is 0. The van der Waals surface area contributed by atoms with Crippen molar-refractivity contribution < 1.29 is 19.1 Å². The molecule has 0 spiro atoms. The first-order valence-corrected chi connectivity index (χ1v) is 9.60. The molecule has 0 aliphatic carbocycles. The first-order valence-electron chi connectivity index (χ1n) is 8.72. The molecule has 146 valence electrons. The van der Waals surface area contributed by atoms with Gasteiger partial charge >= 0.3 is 10.8 Å². The minimum Gasteiger partial charge on any atom is -0.454 e. The standard InChI is InChI=1S/C19H24N2O5S/c1-10-9-27-19(25)21(10)8-6-7-15(23)26-14(5)18(24)17-11(2)16(13(4)22)12(3)20-17/h9,14,20H,6-8H2,1-5H3/t14-/m0/s1. The maximum absolute atomic E-state index is 12.6. The van der Waals surface area contributed by atoms with Crippen molar-refractivity contribution in [2.75, 3.05) is 0 Å². The molecule has 0 amide bonds. The predicted octanol–water partition coefficient (Wildman–Crippen LogP) is 2.96. The zero-order valence-corrected chi connectivity index (χ0v) is 17.0. The largest absolute Gasteiger partial charge is 0.454 e. The number of rotatable bonds is 8. The molecule has 1 atom stereocenters. The molecule has 0 saturated carbocycles. The highest BCUT2D eigenvalue weighted by atomic mass is 32.1. The smallest absolute Gasteiger partial charge is 0.307 e. The van der Waals surface area contributed by atoms with Crippen molar-refractivity contribution in [2.24, 2.45) is 0 Å². The molecule has 0 aliphatic heterocycles. The van der Waals surface area contributed by atoms with Crippen LogP contribution in [0.3, 0.4) is 0 Å². The lowest BCUT2D eigenvalue weighted by Crippen LogP contribution is -2.25. The van der Waals surface area contributed by atoms with Gasteiger partial charge in [0, 0.05) is 35.3 Å². The minimum atomic E-state index is -0.959. The summed E-state index contributed by atoms with van der Waals surface area (Å²) in [5.41, 5.74) is 2.84. The second-order valence-corrected chi connectivity index (χ2v) is 7.40. The summed E-state index contributed by atoms with van der Waals surface area (Å²) in [5, 5.41) is 1.78. The molecule has 27 heavy (non-hydrogen) atoms. The molecular weight excluding hydrogens is 368 g/mol. The number of nitrogens with zero attached hydrogens (tertiary/aromatic N) is 1. The summed E-state index contributed by atoms with van der Waals surface area (Å²) in [6.07, 6.45) is -0.396. The number of thiazole rings is 1. The molecule has 8 heteroatoms. The SMILES string of the molecule is CC(=O)c1c(C)[nH]c(C(=O)[C@H](C)OC(=O)CCCn2c(C)csc2=O)c1C. The molecule has 0 aliphatic rings. The number of Topliss-reactive ketones (excluding diaryl/α,β-unsaturated/α-hetero) is 2. The van der Waals surface area contributed by atoms with Crippen molar-refractivity contribution in [3.05, 3.63) is 43.3 Å². The fourth-order valence-corrected chi connectivity index (χ4v) is 3.85. The van der Waals surface area contributed by atoms with E-state index in [4.69, 9.17) is 4.74 Å². The maximum atomic E-state index is 12.6. The van der Waals surface area contributed by atoms with Gasteiger partial charge in [0.25, 0.3) is 0 Å². The summed E-state index contributed by atoms with van der Waals surface area (Å²) in [5.74, 6) is -0.991. The van der Waals surface area contributed by atoms with Gasteiger partial charge in [0.1, 0.15) is 0 Å². The number of aryl methyl sites for hydroxylation is 2. The molecule has 1 N–H and O–H groups in total. The van der Waals surface area contributed by atoms with Crippen molar-refractivity contribution in [1.29, 1.82) is 0 Å². The van der Waals surface area contributed by atoms with Crippen LogP contribution in [0.1, 0.15) is 64.5 Å². The molecule has 0 saturated heterocycles. The zero-order valence-electron chi connectivity index (χ0n) is 16.2. The number of aromatic nitrogens is 2. The van der Waals surface area contributed by atoms with Gasteiger partial charge in [0.05, 0.1) is 5.69 Å². The Labute approximate surface area is 161 Å². The highest BCUT2D eigenvalue weighted by Crippen LogP contribution is 2.20. The van der Waals surface area contributed by atoms with Crippen LogP contribution in [0.2, 0.25) is 0 Å². The molecule has 0 unspecified atom stereocenters. The number of carbonyl (C=O) groups is 3. The van der Waals surface area contributed by atoms with Gasteiger partial charge in [0.15, 0.2) is 11.9 Å². The first kappa shape index (κ1) is 20.8. The lowest BCUT2D eigenvalue weighted by Gasteiger charge is -2.12. The number of hydrogen-bond acceptors (Lipinski definition) is 6. The molecule has 2 heterocycles. The van der Waals surface area contributed by atoms with E-state index in [1.54, 1.807) is 23.8 Å². The molecule has 2 aromatic heterocycles. The molecule has 0 fully saturated rings. The lowest BCUT2D eigenvalue weighted by molar-refractivity contribution is -0.146. The van der Waals surface area contributed by atoms with Crippen LogP contribution < -0.4 is 4.87 Å². The molecule has 7 nitrogen and oxygen atoms in total. The van der Waals surface area contributed by atoms with Gasteiger partial charge in [-0.2, -0.15) is 0 Å². The Morgan fingerprint density at radius 3 is 2.44 bits per heavy atom. The Balaban J connectivity index is 1.94. The Bertz CT molecular complexity index is 935. The number of ketones is 2. The molecular formula is C19H24N2O5S. The van der Waals surface area contributed by atoms with Crippen LogP contribution >= 0.6 is 11.3 Å². The van der Waals surface area contributed by atoms with Gasteiger partial charge in [-0.25, -0.2) is 0 Å². The highest BCUT2D eigenvalue weighted by Gasteiger charge is 2.25. The van der Waals surface area contributed by atoms with E-state index < -0.39 is 12.1 Å². The number of carbonyl (C=O) groups excluding carboxylic acids is 3. The third-order valence-electron chi connectivity index (χ3n) is 4.45. The van der Waals surface area contributed by atoms with Gasteiger partial charge in [-0.15, -0.1) is 0 Å². The van der Waals surface area contributed by atoms with Crippen molar-refractivity contribution >= 4 is 28.9 Å². The Morgan fingerprint density at radius 2 is 1.93 bits per heavy atom. The third-order valence-corrected chi connectivity index (χ3v) is 5.33. The number of hydrogen-bond donors (Lipinski definition) is 1. The molecule has 2 aromatic rings. The third kappa shape index (κ3) is 4.63. The Morgan fingerprint density at radius 1 is 1.26 bits per heavy atom. The topological polar surface area (TPSA) is 98.2 Å². The van der Waals surface area contributed by atoms with Crippen LogP contribution in [0.15, 0.2) is 10.2 Å². The summed E-state index contributed by atoms with van der Waals surface area (Å²) in [6.45, 7) is 8.65. The van der Waals surface area contributed by atoms with Gasteiger partial charge in [-0.1, -0.05) is 11.3 Å². The van der Waals surface area contributed by atoms with E-state index in [1.807, 2.05) is 6.92 Å². The van der Waals surface area contributed by atoms with E-state index in [0.717, 1.165) is 17.0 Å². The normalized spacial score (nSPS) is 12.0. The minimum absolute atomic E-state index is 0.0525.